The van der Waals surface area contributed by atoms with Crippen LogP contribution in [-0.4, -0.2) is 20.3 Å². The maximum Gasteiger partial charge on any atom is 0.419 e. The quantitative estimate of drug-likeness (QED) is 0.843. The molecule has 0 bridgehead atoms. The van der Waals surface area contributed by atoms with Gasteiger partial charge >= 0.3 is 6.18 Å². The first-order valence-electron chi connectivity index (χ1n) is 6.59. The Balaban J connectivity index is 3.30. The molecule has 0 saturated heterocycles. The molecule has 2 unspecified atom stereocenters. The van der Waals surface area contributed by atoms with E-state index in [1.807, 2.05) is 20.8 Å². The van der Waals surface area contributed by atoms with Gasteiger partial charge in [0.1, 0.15) is 5.82 Å². The molecule has 0 heterocycles. The van der Waals surface area contributed by atoms with Crippen molar-refractivity contribution >= 4 is 0 Å². The lowest BCUT2D eigenvalue weighted by Crippen LogP contribution is -2.40. The number of rotatable bonds is 4. The molecular weight excluding hydrogens is 286 g/mol. The van der Waals surface area contributed by atoms with Crippen LogP contribution in [0.2, 0.25) is 0 Å². The summed E-state index contributed by atoms with van der Waals surface area (Å²) >= 11 is 0. The monoisotopic (exact) mass is 307 g/mol. The predicted molar refractivity (Wildman–Crippen MR) is 73.5 cm³/mol. The van der Waals surface area contributed by atoms with Gasteiger partial charge in [-0.25, -0.2) is 4.39 Å². The minimum Gasteiger partial charge on any atom is -0.379 e. The number of alkyl halides is 3. The Kier molecular flexibility index (Phi) is 5.39. The van der Waals surface area contributed by atoms with Crippen molar-refractivity contribution in [1.82, 2.24) is 5.32 Å². The fourth-order valence-electron chi connectivity index (χ4n) is 2.44. The van der Waals surface area contributed by atoms with Gasteiger partial charge in [-0.1, -0.05) is 26.8 Å². The summed E-state index contributed by atoms with van der Waals surface area (Å²) < 4.78 is 57.3. The maximum absolute atomic E-state index is 13.4. The molecule has 0 aliphatic heterocycles. The Morgan fingerprint density at radius 2 is 1.71 bits per heavy atom. The highest BCUT2D eigenvalue weighted by molar-refractivity contribution is 5.30. The van der Waals surface area contributed by atoms with E-state index in [1.54, 1.807) is 7.05 Å². The van der Waals surface area contributed by atoms with Crippen LogP contribution in [0.5, 0.6) is 0 Å². The van der Waals surface area contributed by atoms with Crippen LogP contribution in [0.4, 0.5) is 17.6 Å². The van der Waals surface area contributed by atoms with Crippen LogP contribution in [0.15, 0.2) is 18.2 Å². The smallest absolute Gasteiger partial charge is 0.379 e. The van der Waals surface area contributed by atoms with Gasteiger partial charge in [0.15, 0.2) is 0 Å². The lowest BCUT2D eigenvalue weighted by Gasteiger charge is -2.36. The maximum atomic E-state index is 13.4. The predicted octanol–water partition coefficient (Wildman–Crippen LogP) is 4.17. The number of nitrogens with one attached hydrogen (secondary N) is 1. The number of hydrogen-bond acceptors (Lipinski definition) is 2. The van der Waals surface area contributed by atoms with E-state index >= 15 is 0 Å². The first kappa shape index (κ1) is 17.9. The summed E-state index contributed by atoms with van der Waals surface area (Å²) in [5, 5.41) is 2.96. The number of likely N-dealkylation sites (N-methyl/N-ethyl adjacent to an activating group) is 1. The van der Waals surface area contributed by atoms with Crippen LogP contribution in [0.25, 0.3) is 0 Å². The van der Waals surface area contributed by atoms with Crippen LogP contribution in [0, 0.1) is 11.2 Å². The molecule has 1 aromatic carbocycles. The van der Waals surface area contributed by atoms with Crippen LogP contribution in [-0.2, 0) is 10.9 Å². The highest BCUT2D eigenvalue weighted by Gasteiger charge is 2.37. The zero-order valence-corrected chi connectivity index (χ0v) is 12.8. The molecule has 0 fully saturated rings. The molecule has 6 heteroatoms. The molecular formula is C15H21F4NO. The van der Waals surface area contributed by atoms with Gasteiger partial charge in [0.2, 0.25) is 0 Å². The second-order valence-corrected chi connectivity index (χ2v) is 6.03. The third-order valence-electron chi connectivity index (χ3n) is 3.38. The van der Waals surface area contributed by atoms with Crippen molar-refractivity contribution < 1.29 is 22.3 Å². The van der Waals surface area contributed by atoms with Crippen LogP contribution < -0.4 is 5.32 Å². The van der Waals surface area contributed by atoms with Gasteiger partial charge in [0.25, 0.3) is 0 Å². The zero-order valence-electron chi connectivity index (χ0n) is 12.8. The molecule has 1 rings (SSSR count). The van der Waals surface area contributed by atoms with Gasteiger partial charge in [0.05, 0.1) is 17.7 Å². The standard InChI is InChI=1S/C15H21F4NO/c1-14(2,3)13(21-5)12(20-4)9-6-7-11(16)10(8-9)15(17,18)19/h6-8,12-13,20H,1-5H3. The largest absolute Gasteiger partial charge is 0.419 e. The molecule has 0 amide bonds. The third-order valence-corrected chi connectivity index (χ3v) is 3.38. The second kappa shape index (κ2) is 6.32. The molecule has 0 aliphatic rings. The van der Waals surface area contributed by atoms with Crippen molar-refractivity contribution in [2.75, 3.05) is 14.2 Å². The molecule has 21 heavy (non-hydrogen) atoms. The van der Waals surface area contributed by atoms with E-state index in [1.165, 1.54) is 13.2 Å². The number of ether oxygens (including phenoxy) is 1. The average Bonchev–Trinajstić information content (AvgIpc) is 2.33. The molecule has 2 nitrogen and oxygen atoms in total. The zero-order chi connectivity index (χ0) is 16.4. The molecule has 0 aliphatic carbocycles. The van der Waals surface area contributed by atoms with Gasteiger partial charge in [-0.3, -0.25) is 0 Å². The van der Waals surface area contributed by atoms with Crippen LogP contribution >= 0.6 is 0 Å². The first-order chi connectivity index (χ1) is 9.52. The molecule has 120 valence electrons. The van der Waals surface area contributed by atoms with E-state index in [4.69, 9.17) is 4.74 Å². The molecule has 1 aromatic rings. The van der Waals surface area contributed by atoms with Crippen LogP contribution in [0.3, 0.4) is 0 Å². The van der Waals surface area contributed by atoms with Gasteiger partial charge in [-0.2, -0.15) is 13.2 Å². The Labute approximate surface area is 122 Å². The van der Waals surface area contributed by atoms with E-state index in [-0.39, 0.29) is 11.5 Å². The first-order valence-corrected chi connectivity index (χ1v) is 6.59. The summed E-state index contributed by atoms with van der Waals surface area (Å²) in [5.41, 5.74) is -1.22. The van der Waals surface area contributed by atoms with Gasteiger partial charge in [-0.15, -0.1) is 0 Å². The summed E-state index contributed by atoms with van der Waals surface area (Å²) in [6.07, 6.45) is -5.09. The Morgan fingerprint density at radius 1 is 1.14 bits per heavy atom. The third kappa shape index (κ3) is 4.17. The lowest BCUT2D eigenvalue weighted by atomic mass is 9.81. The highest BCUT2D eigenvalue weighted by atomic mass is 19.4. The molecule has 1 N–H and O–H groups in total. The number of hydrogen-bond donors (Lipinski definition) is 1. The van der Waals surface area contributed by atoms with Crippen molar-refractivity contribution in [2.45, 2.75) is 39.1 Å². The minimum atomic E-state index is -4.72. The molecule has 0 saturated carbocycles. The van der Waals surface area contributed by atoms with E-state index in [9.17, 15) is 17.6 Å². The molecule has 2 atom stereocenters. The number of benzene rings is 1. The van der Waals surface area contributed by atoms with E-state index < -0.39 is 23.6 Å². The number of halogens is 4. The number of methoxy groups -OCH3 is 1. The van der Waals surface area contributed by atoms with Crippen molar-refractivity contribution in [2.24, 2.45) is 5.41 Å². The topological polar surface area (TPSA) is 21.3 Å². The van der Waals surface area contributed by atoms with Crippen molar-refractivity contribution in [1.29, 1.82) is 0 Å². The minimum absolute atomic E-state index is 0.296. The van der Waals surface area contributed by atoms with E-state index in [2.05, 4.69) is 5.32 Å². The highest BCUT2D eigenvalue weighted by Crippen LogP contribution is 2.36. The Hall–Kier alpha value is -1.14. The second-order valence-electron chi connectivity index (χ2n) is 6.03. The summed E-state index contributed by atoms with van der Waals surface area (Å²) in [7, 11) is 3.15. The fourth-order valence-corrected chi connectivity index (χ4v) is 2.44. The molecule has 0 spiro atoms. The van der Waals surface area contributed by atoms with Gasteiger partial charge in [-0.05, 0) is 30.2 Å². The lowest BCUT2D eigenvalue weighted by molar-refractivity contribution is -0.140. The summed E-state index contributed by atoms with van der Waals surface area (Å²) in [5.74, 6) is -1.27. The summed E-state index contributed by atoms with van der Waals surface area (Å²) in [6, 6.07) is 2.56. The SMILES string of the molecule is CNC(c1ccc(F)c(C(F)(F)F)c1)C(OC)C(C)(C)C. The molecule has 0 aromatic heterocycles. The van der Waals surface area contributed by atoms with Crippen molar-refractivity contribution in [3.8, 4) is 0 Å². The van der Waals surface area contributed by atoms with E-state index in [0.717, 1.165) is 12.1 Å². The molecule has 0 radical (unpaired) electrons. The fraction of sp³-hybridized carbons (Fsp3) is 0.600. The normalized spacial score (nSPS) is 15.9. The Bertz CT molecular complexity index is 480. The van der Waals surface area contributed by atoms with Gasteiger partial charge in [0, 0.05) is 7.11 Å². The van der Waals surface area contributed by atoms with Gasteiger partial charge < -0.3 is 10.1 Å². The van der Waals surface area contributed by atoms with Crippen molar-refractivity contribution in [3.05, 3.63) is 35.1 Å². The van der Waals surface area contributed by atoms with Crippen molar-refractivity contribution in [3.63, 3.8) is 0 Å². The summed E-state index contributed by atoms with van der Waals surface area (Å²) in [6.45, 7) is 5.79. The van der Waals surface area contributed by atoms with Crippen LogP contribution in [0.1, 0.15) is 37.9 Å². The Morgan fingerprint density at radius 3 is 2.10 bits per heavy atom. The summed E-state index contributed by atoms with van der Waals surface area (Å²) in [4.78, 5) is 0. The van der Waals surface area contributed by atoms with E-state index in [0.29, 0.717) is 5.56 Å². The average molecular weight is 307 g/mol.